The molecule has 18 heavy (non-hydrogen) atoms. The standard InChI is InChI=1S/C12H14ClF2NO2/c1-2-3-4-11(17)16-8-5-6-10(9(13)7-8)18-12(14)15/h5-7,12H,2-4H2,1H3,(H,16,17). The molecule has 0 aliphatic rings. The first-order chi connectivity index (χ1) is 8.52. The highest BCUT2D eigenvalue weighted by Crippen LogP contribution is 2.28. The number of carbonyl (C=O) groups excluding carboxylic acids is 1. The molecular weight excluding hydrogens is 264 g/mol. The first kappa shape index (κ1) is 14.7. The maximum absolute atomic E-state index is 12.0. The monoisotopic (exact) mass is 277 g/mol. The highest BCUT2D eigenvalue weighted by Gasteiger charge is 2.10. The van der Waals surface area contributed by atoms with Crippen molar-refractivity contribution in [3.05, 3.63) is 23.2 Å². The smallest absolute Gasteiger partial charge is 0.387 e. The summed E-state index contributed by atoms with van der Waals surface area (Å²) < 4.78 is 28.2. The second-order valence-corrected chi connectivity index (χ2v) is 4.08. The van der Waals surface area contributed by atoms with Gasteiger partial charge in [-0.2, -0.15) is 8.78 Å². The molecule has 1 aromatic rings. The van der Waals surface area contributed by atoms with E-state index in [0.717, 1.165) is 12.8 Å². The zero-order valence-electron chi connectivity index (χ0n) is 9.88. The number of alkyl halides is 2. The molecule has 1 N–H and O–H groups in total. The lowest BCUT2D eigenvalue weighted by Gasteiger charge is -2.09. The molecule has 0 saturated carbocycles. The summed E-state index contributed by atoms with van der Waals surface area (Å²) in [4.78, 5) is 11.4. The van der Waals surface area contributed by atoms with Gasteiger partial charge in [0.2, 0.25) is 5.91 Å². The minimum atomic E-state index is -2.92. The van der Waals surface area contributed by atoms with Gasteiger partial charge in [0.15, 0.2) is 0 Å². The van der Waals surface area contributed by atoms with Gasteiger partial charge in [0, 0.05) is 12.1 Å². The van der Waals surface area contributed by atoms with Gasteiger partial charge in [-0.05, 0) is 24.6 Å². The fourth-order valence-corrected chi connectivity index (χ4v) is 1.56. The number of nitrogens with one attached hydrogen (secondary N) is 1. The van der Waals surface area contributed by atoms with Crippen molar-refractivity contribution >= 4 is 23.2 Å². The number of amides is 1. The van der Waals surface area contributed by atoms with Gasteiger partial charge in [-0.3, -0.25) is 4.79 Å². The van der Waals surface area contributed by atoms with Crippen molar-refractivity contribution in [2.45, 2.75) is 32.8 Å². The molecule has 0 aromatic heterocycles. The zero-order chi connectivity index (χ0) is 13.5. The molecule has 3 nitrogen and oxygen atoms in total. The SMILES string of the molecule is CCCCC(=O)Nc1ccc(OC(F)F)c(Cl)c1. The summed E-state index contributed by atoms with van der Waals surface area (Å²) in [6.07, 6.45) is 2.14. The Kier molecular flexibility index (Phi) is 5.85. The van der Waals surface area contributed by atoms with Crippen molar-refractivity contribution in [3.8, 4) is 5.75 Å². The topological polar surface area (TPSA) is 38.3 Å². The number of hydrogen-bond acceptors (Lipinski definition) is 2. The summed E-state index contributed by atoms with van der Waals surface area (Å²) >= 11 is 5.75. The van der Waals surface area contributed by atoms with Crippen LogP contribution >= 0.6 is 11.6 Å². The van der Waals surface area contributed by atoms with E-state index in [2.05, 4.69) is 10.1 Å². The van der Waals surface area contributed by atoms with E-state index in [-0.39, 0.29) is 16.7 Å². The average Bonchev–Trinajstić information content (AvgIpc) is 2.29. The summed E-state index contributed by atoms with van der Waals surface area (Å²) in [5.74, 6) is -0.242. The van der Waals surface area contributed by atoms with Crippen molar-refractivity contribution in [2.24, 2.45) is 0 Å². The minimum absolute atomic E-state index is 0.0311. The second kappa shape index (κ2) is 7.16. The number of carbonyl (C=O) groups is 1. The predicted octanol–water partition coefficient (Wildman–Crippen LogP) is 4.07. The Morgan fingerprint density at radius 3 is 2.78 bits per heavy atom. The van der Waals surface area contributed by atoms with Crippen LogP contribution in [0.1, 0.15) is 26.2 Å². The predicted molar refractivity (Wildman–Crippen MR) is 66.2 cm³/mol. The molecule has 0 radical (unpaired) electrons. The van der Waals surface area contributed by atoms with Gasteiger partial charge in [-0.25, -0.2) is 0 Å². The fourth-order valence-electron chi connectivity index (χ4n) is 1.33. The third-order valence-corrected chi connectivity index (χ3v) is 2.48. The average molecular weight is 278 g/mol. The normalized spacial score (nSPS) is 10.5. The molecule has 0 unspecified atom stereocenters. The highest BCUT2D eigenvalue weighted by molar-refractivity contribution is 6.32. The number of halogens is 3. The summed E-state index contributed by atoms with van der Waals surface area (Å²) in [6.45, 7) is -0.937. The van der Waals surface area contributed by atoms with Crippen LogP contribution in [0.2, 0.25) is 5.02 Å². The Balaban J connectivity index is 2.63. The fraction of sp³-hybridized carbons (Fsp3) is 0.417. The van der Waals surface area contributed by atoms with Gasteiger partial charge in [0.05, 0.1) is 5.02 Å². The maximum Gasteiger partial charge on any atom is 0.387 e. The van der Waals surface area contributed by atoms with Gasteiger partial charge in [-0.15, -0.1) is 0 Å². The Bertz CT molecular complexity index is 413. The van der Waals surface area contributed by atoms with Gasteiger partial charge >= 0.3 is 6.61 Å². The molecule has 0 aliphatic heterocycles. The number of unbranched alkanes of at least 4 members (excludes halogenated alkanes) is 1. The van der Waals surface area contributed by atoms with Gasteiger partial charge in [0.25, 0.3) is 0 Å². The summed E-state index contributed by atoms with van der Waals surface area (Å²) in [6, 6.07) is 4.14. The van der Waals surface area contributed by atoms with E-state index < -0.39 is 6.61 Å². The molecule has 0 aliphatic carbocycles. The lowest BCUT2D eigenvalue weighted by atomic mass is 10.2. The first-order valence-electron chi connectivity index (χ1n) is 5.57. The minimum Gasteiger partial charge on any atom is -0.433 e. The third-order valence-electron chi connectivity index (χ3n) is 2.19. The van der Waals surface area contributed by atoms with Gasteiger partial charge in [0.1, 0.15) is 5.75 Å². The quantitative estimate of drug-likeness (QED) is 0.851. The van der Waals surface area contributed by atoms with E-state index in [9.17, 15) is 13.6 Å². The zero-order valence-corrected chi connectivity index (χ0v) is 10.6. The van der Waals surface area contributed by atoms with Crippen LogP contribution in [0.4, 0.5) is 14.5 Å². The van der Waals surface area contributed by atoms with E-state index in [0.29, 0.717) is 12.1 Å². The van der Waals surface area contributed by atoms with E-state index in [4.69, 9.17) is 11.6 Å². The molecule has 6 heteroatoms. The second-order valence-electron chi connectivity index (χ2n) is 3.68. The van der Waals surface area contributed by atoms with Crippen molar-refractivity contribution in [2.75, 3.05) is 5.32 Å². The molecule has 1 rings (SSSR count). The number of ether oxygens (including phenoxy) is 1. The Hall–Kier alpha value is -1.36. The van der Waals surface area contributed by atoms with E-state index in [1.165, 1.54) is 18.2 Å². The van der Waals surface area contributed by atoms with Crippen molar-refractivity contribution in [1.82, 2.24) is 0 Å². The third kappa shape index (κ3) is 4.87. The molecule has 100 valence electrons. The van der Waals surface area contributed by atoms with E-state index in [1.54, 1.807) is 0 Å². The molecule has 0 atom stereocenters. The molecular formula is C12H14ClF2NO2. The van der Waals surface area contributed by atoms with E-state index >= 15 is 0 Å². The van der Waals surface area contributed by atoms with Crippen LogP contribution in [0.5, 0.6) is 5.75 Å². The molecule has 0 fully saturated rings. The molecule has 0 saturated heterocycles. The van der Waals surface area contributed by atoms with E-state index in [1.807, 2.05) is 6.92 Å². The lowest BCUT2D eigenvalue weighted by molar-refractivity contribution is -0.116. The summed E-state index contributed by atoms with van der Waals surface area (Å²) in [5, 5.41) is 2.66. The largest absolute Gasteiger partial charge is 0.433 e. The van der Waals surface area contributed by atoms with Crippen LogP contribution in [0.25, 0.3) is 0 Å². The van der Waals surface area contributed by atoms with Gasteiger partial charge < -0.3 is 10.1 Å². The summed E-state index contributed by atoms with van der Waals surface area (Å²) in [7, 11) is 0. The highest BCUT2D eigenvalue weighted by atomic mass is 35.5. The Labute approximate surface area is 109 Å². The molecule has 0 bridgehead atoms. The van der Waals surface area contributed by atoms with Crippen LogP contribution in [0, 0.1) is 0 Å². The molecule has 1 amide bonds. The van der Waals surface area contributed by atoms with Gasteiger partial charge in [-0.1, -0.05) is 24.9 Å². The molecule has 0 spiro atoms. The molecule has 1 aromatic carbocycles. The number of anilines is 1. The Morgan fingerprint density at radius 1 is 1.50 bits per heavy atom. The van der Waals surface area contributed by atoms with Crippen molar-refractivity contribution in [1.29, 1.82) is 0 Å². The number of hydrogen-bond donors (Lipinski definition) is 1. The van der Waals surface area contributed by atoms with Crippen LogP contribution in [0.3, 0.4) is 0 Å². The lowest BCUT2D eigenvalue weighted by Crippen LogP contribution is -2.11. The van der Waals surface area contributed by atoms with Crippen LogP contribution in [-0.2, 0) is 4.79 Å². The van der Waals surface area contributed by atoms with Crippen LogP contribution < -0.4 is 10.1 Å². The first-order valence-corrected chi connectivity index (χ1v) is 5.95. The van der Waals surface area contributed by atoms with Crippen molar-refractivity contribution < 1.29 is 18.3 Å². The number of benzene rings is 1. The number of rotatable bonds is 6. The Morgan fingerprint density at radius 2 is 2.22 bits per heavy atom. The maximum atomic E-state index is 12.0. The van der Waals surface area contributed by atoms with Crippen LogP contribution in [-0.4, -0.2) is 12.5 Å². The van der Waals surface area contributed by atoms with Crippen molar-refractivity contribution in [3.63, 3.8) is 0 Å². The van der Waals surface area contributed by atoms with Crippen LogP contribution in [0.15, 0.2) is 18.2 Å². The molecule has 0 heterocycles. The summed E-state index contributed by atoms with van der Waals surface area (Å²) in [5.41, 5.74) is 0.461.